The van der Waals surface area contributed by atoms with E-state index in [1.54, 1.807) is 0 Å². The number of fused-ring (bicyclic) bond motifs is 5. The number of aliphatic hydroxyl groups is 2. The van der Waals surface area contributed by atoms with E-state index < -0.39 is 23.2 Å². The largest absolute Gasteiger partial charge is 0.455 e. The minimum atomic E-state index is -1.22. The Labute approximate surface area is 296 Å². The van der Waals surface area contributed by atoms with Gasteiger partial charge < -0.3 is 14.9 Å². The number of hydrogen-bond donors (Lipinski definition) is 2. The van der Waals surface area contributed by atoms with Gasteiger partial charge in [0.25, 0.3) is 0 Å². The quantitative estimate of drug-likeness (QED) is 0.0816. The van der Waals surface area contributed by atoms with Crippen LogP contribution in [0.5, 0.6) is 0 Å². The number of hydrogen-bond acceptors (Lipinski definition) is 4. The molecule has 0 amide bonds. The molecule has 4 aliphatic carbocycles. The van der Waals surface area contributed by atoms with Gasteiger partial charge in [-0.1, -0.05) is 143 Å². The Kier molecular flexibility index (Phi) is 14.8. The van der Waals surface area contributed by atoms with Gasteiger partial charge >= 0.3 is 5.97 Å². The summed E-state index contributed by atoms with van der Waals surface area (Å²) in [6.07, 6.45) is 29.4. The molecule has 3 saturated carbocycles. The number of allylic oxidation sites excluding steroid dienone is 3. The summed E-state index contributed by atoms with van der Waals surface area (Å²) in [4.78, 5) is 13.3. The number of aliphatic hydroxyl groups excluding tert-OH is 1. The van der Waals surface area contributed by atoms with E-state index in [0.29, 0.717) is 48.9 Å². The van der Waals surface area contributed by atoms with Crippen LogP contribution >= 0.6 is 0 Å². The summed E-state index contributed by atoms with van der Waals surface area (Å²) in [5.74, 6) is 2.98. The SMILES string of the molecule is CCCCCCCCCCCCCCCC(=O)OC1C=C2C3CCC(C(C)C=CC(C)C(C)C)C3(C)CCC2C2(C)CCC(O)CC12O. The summed E-state index contributed by atoms with van der Waals surface area (Å²) in [6.45, 7) is 16.4. The van der Waals surface area contributed by atoms with E-state index >= 15 is 0 Å². The second kappa shape index (κ2) is 17.9. The summed E-state index contributed by atoms with van der Waals surface area (Å²) >= 11 is 0. The van der Waals surface area contributed by atoms with Crippen LogP contribution in [0.4, 0.5) is 0 Å². The highest BCUT2D eigenvalue weighted by Gasteiger charge is 2.66. The standard InChI is InChI=1S/C44H76O4/c1-8-9-10-11-12-13-14-15-16-17-18-19-20-21-41(46)48-40-30-36-38-25-24-37(34(5)23-22-33(4)32(2)3)42(38,6)28-27-39(36)43(7)29-26-35(45)31-44(40,43)47/h22-23,30,32-35,37-40,45,47H,8-21,24-29,31H2,1-7H3. The minimum Gasteiger partial charge on any atom is -0.455 e. The molecule has 10 unspecified atom stereocenters. The average molecular weight is 669 g/mol. The molecule has 0 radical (unpaired) electrons. The molecule has 4 heteroatoms. The smallest absolute Gasteiger partial charge is 0.306 e. The highest BCUT2D eigenvalue weighted by Crippen LogP contribution is 2.68. The van der Waals surface area contributed by atoms with Crippen LogP contribution in [0.2, 0.25) is 0 Å². The van der Waals surface area contributed by atoms with Crippen molar-refractivity contribution in [2.24, 2.45) is 46.3 Å². The molecule has 0 spiro atoms. The van der Waals surface area contributed by atoms with Gasteiger partial charge in [-0.2, -0.15) is 0 Å². The monoisotopic (exact) mass is 669 g/mol. The second-order valence-electron chi connectivity index (χ2n) is 18.0. The topological polar surface area (TPSA) is 66.8 Å². The van der Waals surface area contributed by atoms with E-state index in [1.807, 2.05) is 0 Å². The molecule has 0 aromatic carbocycles. The molecule has 0 saturated heterocycles. The van der Waals surface area contributed by atoms with Crippen molar-refractivity contribution in [3.8, 4) is 0 Å². The van der Waals surface area contributed by atoms with Crippen LogP contribution in [0, 0.1) is 46.3 Å². The fraction of sp³-hybridized carbons (Fsp3) is 0.886. The van der Waals surface area contributed by atoms with Crippen molar-refractivity contribution in [3.63, 3.8) is 0 Å². The van der Waals surface area contributed by atoms with Gasteiger partial charge in [0, 0.05) is 18.3 Å². The van der Waals surface area contributed by atoms with Gasteiger partial charge in [-0.15, -0.1) is 0 Å². The van der Waals surface area contributed by atoms with Crippen molar-refractivity contribution in [3.05, 3.63) is 23.8 Å². The Morgan fingerprint density at radius 1 is 0.833 bits per heavy atom. The van der Waals surface area contributed by atoms with E-state index in [-0.39, 0.29) is 17.3 Å². The third-order valence-electron chi connectivity index (χ3n) is 14.4. The van der Waals surface area contributed by atoms with Gasteiger partial charge in [0.1, 0.15) is 11.7 Å². The van der Waals surface area contributed by atoms with Crippen LogP contribution in [0.1, 0.15) is 183 Å². The lowest BCUT2D eigenvalue weighted by atomic mass is 9.45. The second-order valence-corrected chi connectivity index (χ2v) is 18.0. The van der Waals surface area contributed by atoms with Crippen molar-refractivity contribution in [1.82, 2.24) is 0 Å². The Bertz CT molecular complexity index is 1060. The number of carbonyl (C=O) groups is 1. The molecule has 4 nitrogen and oxygen atoms in total. The van der Waals surface area contributed by atoms with Crippen LogP contribution in [-0.4, -0.2) is 34.0 Å². The van der Waals surface area contributed by atoms with Crippen molar-refractivity contribution >= 4 is 5.97 Å². The zero-order valence-corrected chi connectivity index (χ0v) is 32.4. The van der Waals surface area contributed by atoms with Crippen LogP contribution in [0.25, 0.3) is 0 Å². The third-order valence-corrected chi connectivity index (χ3v) is 14.4. The summed E-state index contributed by atoms with van der Waals surface area (Å²) in [5, 5.41) is 23.3. The number of unbranched alkanes of at least 4 members (excludes halogenated alkanes) is 12. The molecule has 0 aliphatic heterocycles. The fourth-order valence-electron chi connectivity index (χ4n) is 10.8. The first-order chi connectivity index (χ1) is 22.9. The lowest BCUT2D eigenvalue weighted by Crippen LogP contribution is -2.66. The van der Waals surface area contributed by atoms with Gasteiger partial charge in [0.05, 0.1) is 6.10 Å². The molecule has 4 rings (SSSR count). The van der Waals surface area contributed by atoms with E-state index in [0.717, 1.165) is 25.7 Å². The zero-order chi connectivity index (χ0) is 35.0. The van der Waals surface area contributed by atoms with Crippen LogP contribution in [0.15, 0.2) is 23.8 Å². The molecule has 0 heterocycles. The molecule has 276 valence electrons. The summed E-state index contributed by atoms with van der Waals surface area (Å²) < 4.78 is 6.29. The highest BCUT2D eigenvalue weighted by atomic mass is 16.6. The zero-order valence-electron chi connectivity index (χ0n) is 32.4. The first-order valence-corrected chi connectivity index (χ1v) is 20.9. The Morgan fingerprint density at radius 3 is 2.04 bits per heavy atom. The van der Waals surface area contributed by atoms with E-state index in [9.17, 15) is 15.0 Å². The van der Waals surface area contributed by atoms with Gasteiger partial charge in [0.15, 0.2) is 0 Å². The molecule has 0 aromatic rings. The molecular weight excluding hydrogens is 592 g/mol. The van der Waals surface area contributed by atoms with Gasteiger partial charge in [-0.05, 0) is 91.9 Å². The molecule has 0 bridgehead atoms. The maximum atomic E-state index is 13.3. The fourth-order valence-corrected chi connectivity index (χ4v) is 10.8. The van der Waals surface area contributed by atoms with Crippen molar-refractivity contribution in [1.29, 1.82) is 0 Å². The normalized spacial score (nSPS) is 36.0. The molecule has 2 N–H and O–H groups in total. The Balaban J connectivity index is 1.35. The molecule has 0 aromatic heterocycles. The maximum absolute atomic E-state index is 13.3. The van der Waals surface area contributed by atoms with E-state index in [4.69, 9.17) is 4.74 Å². The summed E-state index contributed by atoms with van der Waals surface area (Å²) in [5.41, 5.74) is 0.0598. The first kappa shape index (κ1) is 39.7. The molecule has 48 heavy (non-hydrogen) atoms. The Hall–Kier alpha value is -1.13. The molecular formula is C44H76O4. The van der Waals surface area contributed by atoms with Gasteiger partial charge in [0.2, 0.25) is 0 Å². The van der Waals surface area contributed by atoms with Gasteiger partial charge in [-0.3, -0.25) is 4.79 Å². The number of rotatable bonds is 19. The lowest BCUT2D eigenvalue weighted by molar-refractivity contribution is -0.222. The Morgan fingerprint density at radius 2 is 1.44 bits per heavy atom. The summed E-state index contributed by atoms with van der Waals surface area (Å²) in [7, 11) is 0. The average Bonchev–Trinajstić information content (AvgIpc) is 3.40. The van der Waals surface area contributed by atoms with Gasteiger partial charge in [-0.25, -0.2) is 0 Å². The lowest BCUT2D eigenvalue weighted by Gasteiger charge is -2.62. The van der Waals surface area contributed by atoms with Crippen LogP contribution < -0.4 is 0 Å². The predicted molar refractivity (Wildman–Crippen MR) is 201 cm³/mol. The first-order valence-electron chi connectivity index (χ1n) is 20.9. The predicted octanol–water partition coefficient (Wildman–Crippen LogP) is 11.5. The number of esters is 1. The van der Waals surface area contributed by atoms with E-state index in [2.05, 4.69) is 66.7 Å². The summed E-state index contributed by atoms with van der Waals surface area (Å²) in [6, 6.07) is 0. The van der Waals surface area contributed by atoms with Crippen LogP contribution in [0.3, 0.4) is 0 Å². The van der Waals surface area contributed by atoms with E-state index in [1.165, 1.54) is 95.5 Å². The molecule has 10 atom stereocenters. The maximum Gasteiger partial charge on any atom is 0.306 e. The third kappa shape index (κ3) is 9.02. The number of ether oxygens (including phenoxy) is 1. The van der Waals surface area contributed by atoms with Crippen molar-refractivity contribution in [2.75, 3.05) is 0 Å². The van der Waals surface area contributed by atoms with Crippen molar-refractivity contribution < 1.29 is 19.7 Å². The van der Waals surface area contributed by atoms with Crippen LogP contribution in [-0.2, 0) is 9.53 Å². The highest BCUT2D eigenvalue weighted by molar-refractivity contribution is 5.70. The molecule has 3 fully saturated rings. The van der Waals surface area contributed by atoms with Crippen molar-refractivity contribution in [2.45, 2.75) is 201 Å². The number of carbonyl (C=O) groups excluding carboxylic acids is 1. The molecule has 4 aliphatic rings. The minimum absolute atomic E-state index is 0.185.